The van der Waals surface area contributed by atoms with Crippen LogP contribution in [0.2, 0.25) is 0 Å². The minimum absolute atomic E-state index is 0.0306. The molecule has 6 heteroatoms. The van der Waals surface area contributed by atoms with E-state index in [4.69, 9.17) is 4.74 Å². The summed E-state index contributed by atoms with van der Waals surface area (Å²) >= 11 is 0. The van der Waals surface area contributed by atoms with Crippen LogP contribution in [0.4, 0.5) is 11.4 Å². The quantitative estimate of drug-likeness (QED) is 0.654. The standard InChI is InChI=1S/C13H16N2O4/c16-13(7-6-12-5-2-8-19-12)14-10-3-1-4-11(9-10)15(17)18/h1,3-4,9,12H,2,5-8H2,(H,14,16)/t12-/m0/s1. The monoisotopic (exact) mass is 264 g/mol. The number of nitro benzene ring substituents is 1. The van der Waals surface area contributed by atoms with E-state index in [9.17, 15) is 14.9 Å². The first-order chi connectivity index (χ1) is 9.15. The van der Waals surface area contributed by atoms with E-state index < -0.39 is 4.92 Å². The Balaban J connectivity index is 1.84. The van der Waals surface area contributed by atoms with Gasteiger partial charge in [-0.2, -0.15) is 0 Å². The number of nitrogens with zero attached hydrogens (tertiary/aromatic N) is 1. The Bertz CT molecular complexity index is 469. The fourth-order valence-electron chi connectivity index (χ4n) is 2.08. The molecule has 0 saturated carbocycles. The van der Waals surface area contributed by atoms with Gasteiger partial charge < -0.3 is 10.1 Å². The van der Waals surface area contributed by atoms with Gasteiger partial charge in [-0.1, -0.05) is 6.07 Å². The van der Waals surface area contributed by atoms with Gasteiger partial charge in [0.2, 0.25) is 5.91 Å². The van der Waals surface area contributed by atoms with Gasteiger partial charge in [0.1, 0.15) is 0 Å². The molecule has 1 atom stereocenters. The van der Waals surface area contributed by atoms with Gasteiger partial charge in [-0.15, -0.1) is 0 Å². The molecular weight excluding hydrogens is 248 g/mol. The van der Waals surface area contributed by atoms with Crippen LogP contribution in [0.1, 0.15) is 25.7 Å². The summed E-state index contributed by atoms with van der Waals surface area (Å²) in [6.07, 6.45) is 3.30. The van der Waals surface area contributed by atoms with Crippen LogP contribution in [-0.4, -0.2) is 23.5 Å². The van der Waals surface area contributed by atoms with Crippen molar-refractivity contribution in [2.24, 2.45) is 0 Å². The molecule has 0 bridgehead atoms. The molecule has 1 N–H and O–H groups in total. The average Bonchev–Trinajstić information content (AvgIpc) is 2.90. The van der Waals surface area contributed by atoms with Crippen molar-refractivity contribution in [2.45, 2.75) is 31.8 Å². The van der Waals surface area contributed by atoms with Crippen molar-refractivity contribution in [2.75, 3.05) is 11.9 Å². The average molecular weight is 264 g/mol. The van der Waals surface area contributed by atoms with Crippen LogP contribution in [0.15, 0.2) is 24.3 Å². The molecule has 0 unspecified atom stereocenters. The van der Waals surface area contributed by atoms with Crippen molar-refractivity contribution in [3.63, 3.8) is 0 Å². The Hall–Kier alpha value is -1.95. The lowest BCUT2D eigenvalue weighted by Gasteiger charge is -2.09. The number of anilines is 1. The minimum Gasteiger partial charge on any atom is -0.378 e. The van der Waals surface area contributed by atoms with Crippen molar-refractivity contribution in [3.05, 3.63) is 34.4 Å². The summed E-state index contributed by atoms with van der Waals surface area (Å²) in [6, 6.07) is 5.93. The Morgan fingerprint density at radius 2 is 2.37 bits per heavy atom. The van der Waals surface area contributed by atoms with E-state index in [-0.39, 0.29) is 17.7 Å². The molecule has 0 radical (unpaired) electrons. The Morgan fingerprint density at radius 1 is 1.53 bits per heavy atom. The molecule has 102 valence electrons. The van der Waals surface area contributed by atoms with Gasteiger partial charge in [0.25, 0.3) is 5.69 Å². The number of carbonyl (C=O) groups is 1. The fourth-order valence-corrected chi connectivity index (χ4v) is 2.08. The number of ether oxygens (including phenoxy) is 1. The third-order valence-electron chi connectivity index (χ3n) is 3.06. The number of non-ortho nitro benzene ring substituents is 1. The number of nitro groups is 1. The number of amides is 1. The van der Waals surface area contributed by atoms with Crippen LogP contribution in [0.25, 0.3) is 0 Å². The number of hydrogen-bond acceptors (Lipinski definition) is 4. The molecule has 1 aromatic carbocycles. The van der Waals surface area contributed by atoms with Gasteiger partial charge in [-0.05, 0) is 25.3 Å². The van der Waals surface area contributed by atoms with Crippen molar-refractivity contribution >= 4 is 17.3 Å². The number of carbonyl (C=O) groups excluding carboxylic acids is 1. The summed E-state index contributed by atoms with van der Waals surface area (Å²) < 4.78 is 5.43. The highest BCUT2D eigenvalue weighted by Gasteiger charge is 2.17. The maximum atomic E-state index is 11.7. The van der Waals surface area contributed by atoms with Gasteiger partial charge in [-0.3, -0.25) is 14.9 Å². The summed E-state index contributed by atoms with van der Waals surface area (Å²) in [5.74, 6) is -0.143. The molecule has 6 nitrogen and oxygen atoms in total. The predicted octanol–water partition coefficient (Wildman–Crippen LogP) is 2.49. The van der Waals surface area contributed by atoms with E-state index in [1.54, 1.807) is 12.1 Å². The number of hydrogen-bond donors (Lipinski definition) is 1. The topological polar surface area (TPSA) is 81.5 Å². The number of nitrogens with one attached hydrogen (secondary N) is 1. The van der Waals surface area contributed by atoms with Gasteiger partial charge in [-0.25, -0.2) is 0 Å². The third kappa shape index (κ3) is 4.03. The first-order valence-electron chi connectivity index (χ1n) is 6.31. The SMILES string of the molecule is O=C(CC[C@@H]1CCCO1)Nc1cccc([N+](=O)[O-])c1. The molecule has 0 aliphatic carbocycles. The van der Waals surface area contributed by atoms with Gasteiger partial charge in [0.15, 0.2) is 0 Å². The van der Waals surface area contributed by atoms with Crippen molar-refractivity contribution in [1.29, 1.82) is 0 Å². The Kier molecular flexibility index (Phi) is 4.46. The first-order valence-corrected chi connectivity index (χ1v) is 6.31. The highest BCUT2D eigenvalue weighted by atomic mass is 16.6. The van der Waals surface area contributed by atoms with Crippen LogP contribution in [0, 0.1) is 10.1 Å². The fraction of sp³-hybridized carbons (Fsp3) is 0.462. The number of benzene rings is 1. The third-order valence-corrected chi connectivity index (χ3v) is 3.06. The van der Waals surface area contributed by atoms with Crippen LogP contribution in [0.3, 0.4) is 0 Å². The van der Waals surface area contributed by atoms with E-state index in [0.29, 0.717) is 18.5 Å². The largest absolute Gasteiger partial charge is 0.378 e. The van der Waals surface area contributed by atoms with E-state index in [1.165, 1.54) is 12.1 Å². The van der Waals surface area contributed by atoms with Crippen LogP contribution >= 0.6 is 0 Å². The summed E-state index contributed by atoms with van der Waals surface area (Å²) in [5.41, 5.74) is 0.420. The van der Waals surface area contributed by atoms with Gasteiger partial charge in [0, 0.05) is 30.8 Å². The van der Waals surface area contributed by atoms with Crippen molar-refractivity contribution < 1.29 is 14.5 Å². The maximum Gasteiger partial charge on any atom is 0.271 e. The normalized spacial score (nSPS) is 18.2. The van der Waals surface area contributed by atoms with Crippen LogP contribution in [0.5, 0.6) is 0 Å². The Labute approximate surface area is 110 Å². The highest BCUT2D eigenvalue weighted by molar-refractivity contribution is 5.91. The predicted molar refractivity (Wildman–Crippen MR) is 69.9 cm³/mol. The molecule has 1 fully saturated rings. The smallest absolute Gasteiger partial charge is 0.271 e. The molecule has 1 amide bonds. The molecule has 0 aromatic heterocycles. The molecule has 1 aliphatic rings. The molecule has 1 aromatic rings. The van der Waals surface area contributed by atoms with Crippen LogP contribution in [-0.2, 0) is 9.53 Å². The molecule has 0 spiro atoms. The molecule has 1 aliphatic heterocycles. The summed E-state index contributed by atoms with van der Waals surface area (Å²) in [6.45, 7) is 0.775. The maximum absolute atomic E-state index is 11.7. The zero-order chi connectivity index (χ0) is 13.7. The lowest BCUT2D eigenvalue weighted by Crippen LogP contribution is -2.15. The molecule has 2 rings (SSSR count). The Morgan fingerprint density at radius 3 is 3.05 bits per heavy atom. The number of rotatable bonds is 5. The summed E-state index contributed by atoms with van der Waals surface area (Å²) in [7, 11) is 0. The molecule has 1 heterocycles. The summed E-state index contributed by atoms with van der Waals surface area (Å²) in [5, 5.41) is 13.3. The van der Waals surface area contributed by atoms with Gasteiger partial charge in [0.05, 0.1) is 11.0 Å². The minimum atomic E-state index is -0.484. The van der Waals surface area contributed by atoms with Crippen molar-refractivity contribution in [3.8, 4) is 0 Å². The summed E-state index contributed by atoms with van der Waals surface area (Å²) in [4.78, 5) is 21.8. The second kappa shape index (κ2) is 6.29. The highest BCUT2D eigenvalue weighted by Crippen LogP contribution is 2.19. The molecule has 19 heavy (non-hydrogen) atoms. The second-order valence-electron chi connectivity index (χ2n) is 4.53. The lowest BCUT2D eigenvalue weighted by atomic mass is 10.1. The second-order valence-corrected chi connectivity index (χ2v) is 4.53. The zero-order valence-electron chi connectivity index (χ0n) is 10.5. The van der Waals surface area contributed by atoms with E-state index >= 15 is 0 Å². The van der Waals surface area contributed by atoms with E-state index in [1.807, 2.05) is 0 Å². The van der Waals surface area contributed by atoms with Crippen molar-refractivity contribution in [1.82, 2.24) is 0 Å². The molecular formula is C13H16N2O4. The van der Waals surface area contributed by atoms with E-state index in [0.717, 1.165) is 19.4 Å². The first kappa shape index (κ1) is 13.5. The molecule has 1 saturated heterocycles. The van der Waals surface area contributed by atoms with Gasteiger partial charge >= 0.3 is 0 Å². The lowest BCUT2D eigenvalue weighted by molar-refractivity contribution is -0.384. The van der Waals surface area contributed by atoms with Crippen LogP contribution < -0.4 is 5.32 Å². The zero-order valence-corrected chi connectivity index (χ0v) is 10.5. The van der Waals surface area contributed by atoms with E-state index in [2.05, 4.69) is 5.32 Å².